The first-order valence-corrected chi connectivity index (χ1v) is 8.69. The van der Waals surface area contributed by atoms with Crippen LogP contribution in [0.15, 0.2) is 48.5 Å². The number of carbonyl (C=O) groups is 1. The SMILES string of the molecule is COc1ccc(/C=C\C(=O)NCc2nnnn2-c2ccc(Cl)cc2)cc1OC. The minimum Gasteiger partial charge on any atom is -0.493 e. The van der Waals surface area contributed by atoms with Gasteiger partial charge in [-0.1, -0.05) is 17.7 Å². The van der Waals surface area contributed by atoms with E-state index in [-0.39, 0.29) is 12.5 Å². The molecule has 0 unspecified atom stereocenters. The van der Waals surface area contributed by atoms with Crippen molar-refractivity contribution in [3.63, 3.8) is 0 Å². The molecule has 0 aliphatic rings. The highest BCUT2D eigenvalue weighted by Gasteiger charge is 2.09. The number of carbonyl (C=O) groups excluding carboxylic acids is 1. The predicted molar refractivity (Wildman–Crippen MR) is 105 cm³/mol. The van der Waals surface area contributed by atoms with Crippen LogP contribution in [0.4, 0.5) is 0 Å². The van der Waals surface area contributed by atoms with Crippen molar-refractivity contribution in [1.82, 2.24) is 25.5 Å². The molecule has 1 heterocycles. The van der Waals surface area contributed by atoms with E-state index in [4.69, 9.17) is 21.1 Å². The Balaban J connectivity index is 1.63. The summed E-state index contributed by atoms with van der Waals surface area (Å²) in [6.07, 6.45) is 3.11. The molecular formula is C19H18ClN5O3. The monoisotopic (exact) mass is 399 g/mol. The normalized spacial score (nSPS) is 10.8. The first-order chi connectivity index (χ1) is 13.6. The van der Waals surface area contributed by atoms with Gasteiger partial charge in [-0.2, -0.15) is 4.68 Å². The van der Waals surface area contributed by atoms with Gasteiger partial charge in [-0.15, -0.1) is 5.10 Å². The minimum absolute atomic E-state index is 0.171. The lowest BCUT2D eigenvalue weighted by molar-refractivity contribution is -0.116. The number of aromatic nitrogens is 4. The van der Waals surface area contributed by atoms with Gasteiger partial charge in [-0.05, 0) is 58.5 Å². The number of ether oxygens (including phenoxy) is 2. The molecule has 0 aliphatic heterocycles. The van der Waals surface area contributed by atoms with E-state index in [2.05, 4.69) is 20.8 Å². The van der Waals surface area contributed by atoms with Crippen LogP contribution in [-0.4, -0.2) is 40.3 Å². The fraction of sp³-hybridized carbons (Fsp3) is 0.158. The molecule has 0 spiro atoms. The molecule has 0 bridgehead atoms. The van der Waals surface area contributed by atoms with Gasteiger partial charge in [-0.25, -0.2) is 0 Å². The van der Waals surface area contributed by atoms with Gasteiger partial charge in [-0.3, -0.25) is 4.79 Å². The van der Waals surface area contributed by atoms with Gasteiger partial charge in [0.25, 0.3) is 0 Å². The zero-order valence-electron chi connectivity index (χ0n) is 15.3. The molecule has 1 N–H and O–H groups in total. The molecule has 2 aromatic carbocycles. The molecule has 0 atom stereocenters. The lowest BCUT2D eigenvalue weighted by Crippen LogP contribution is -2.22. The molecule has 0 saturated heterocycles. The summed E-state index contributed by atoms with van der Waals surface area (Å²) in [6, 6.07) is 12.5. The number of hydrogen-bond acceptors (Lipinski definition) is 6. The van der Waals surface area contributed by atoms with Crippen molar-refractivity contribution in [2.75, 3.05) is 14.2 Å². The minimum atomic E-state index is -0.277. The first-order valence-electron chi connectivity index (χ1n) is 8.32. The Kier molecular flexibility index (Phi) is 6.23. The maximum absolute atomic E-state index is 12.1. The van der Waals surface area contributed by atoms with Crippen LogP contribution in [0.2, 0.25) is 5.02 Å². The Labute approximate surface area is 166 Å². The number of amides is 1. The maximum Gasteiger partial charge on any atom is 0.244 e. The molecule has 0 aliphatic carbocycles. The summed E-state index contributed by atoms with van der Waals surface area (Å²) in [4.78, 5) is 12.1. The van der Waals surface area contributed by atoms with Crippen molar-refractivity contribution in [3.8, 4) is 17.2 Å². The molecular weight excluding hydrogens is 382 g/mol. The summed E-state index contributed by atoms with van der Waals surface area (Å²) >= 11 is 5.90. The quantitative estimate of drug-likeness (QED) is 0.614. The van der Waals surface area contributed by atoms with E-state index in [0.29, 0.717) is 22.3 Å². The van der Waals surface area contributed by atoms with Crippen LogP contribution in [-0.2, 0) is 11.3 Å². The number of rotatable bonds is 7. The average molecular weight is 400 g/mol. The van der Waals surface area contributed by atoms with Crippen LogP contribution in [0.25, 0.3) is 11.8 Å². The summed E-state index contributed by atoms with van der Waals surface area (Å²) in [5.41, 5.74) is 1.55. The van der Waals surface area contributed by atoms with Crippen molar-refractivity contribution in [2.45, 2.75) is 6.54 Å². The molecule has 9 heteroatoms. The summed E-state index contributed by atoms with van der Waals surface area (Å²) < 4.78 is 12.0. The molecule has 0 saturated carbocycles. The van der Waals surface area contributed by atoms with Gasteiger partial charge in [0.15, 0.2) is 17.3 Å². The standard InChI is InChI=1S/C19H18ClN5O3/c1-27-16-9-3-13(11-17(16)28-2)4-10-19(26)21-12-18-22-23-24-25(18)15-7-5-14(20)6-8-15/h3-11H,12H2,1-2H3,(H,21,26)/b10-4-. The van der Waals surface area contributed by atoms with Crippen LogP contribution in [0, 0.1) is 0 Å². The van der Waals surface area contributed by atoms with E-state index in [0.717, 1.165) is 11.3 Å². The second-order valence-electron chi connectivity index (χ2n) is 5.65. The van der Waals surface area contributed by atoms with Crippen LogP contribution < -0.4 is 14.8 Å². The third-order valence-electron chi connectivity index (χ3n) is 3.86. The second kappa shape index (κ2) is 9.01. The van der Waals surface area contributed by atoms with Crippen molar-refractivity contribution in [3.05, 3.63) is 65.0 Å². The summed E-state index contributed by atoms with van der Waals surface area (Å²) in [5.74, 6) is 1.43. The Bertz CT molecular complexity index is 985. The second-order valence-corrected chi connectivity index (χ2v) is 6.09. The highest BCUT2D eigenvalue weighted by Crippen LogP contribution is 2.27. The van der Waals surface area contributed by atoms with E-state index < -0.39 is 0 Å². The van der Waals surface area contributed by atoms with Gasteiger partial charge in [0.2, 0.25) is 5.91 Å². The van der Waals surface area contributed by atoms with Crippen molar-refractivity contribution < 1.29 is 14.3 Å². The fourth-order valence-electron chi connectivity index (χ4n) is 2.45. The average Bonchev–Trinajstić information content (AvgIpc) is 3.19. The Morgan fingerprint density at radius 2 is 1.89 bits per heavy atom. The van der Waals surface area contributed by atoms with Crippen LogP contribution in [0.5, 0.6) is 11.5 Å². The van der Waals surface area contributed by atoms with Gasteiger partial charge in [0, 0.05) is 11.1 Å². The summed E-state index contributed by atoms with van der Waals surface area (Å²) in [6.45, 7) is 0.171. The molecule has 0 radical (unpaired) electrons. The van der Waals surface area contributed by atoms with E-state index in [1.54, 1.807) is 56.7 Å². The molecule has 1 amide bonds. The van der Waals surface area contributed by atoms with Crippen LogP contribution >= 0.6 is 11.6 Å². The van der Waals surface area contributed by atoms with Crippen molar-refractivity contribution in [2.24, 2.45) is 0 Å². The number of hydrogen-bond donors (Lipinski definition) is 1. The van der Waals surface area contributed by atoms with Gasteiger partial charge < -0.3 is 14.8 Å². The van der Waals surface area contributed by atoms with Crippen LogP contribution in [0.3, 0.4) is 0 Å². The number of methoxy groups -OCH3 is 2. The van der Waals surface area contributed by atoms with Gasteiger partial charge in [0.05, 0.1) is 26.5 Å². The number of nitrogens with zero attached hydrogens (tertiary/aromatic N) is 4. The topological polar surface area (TPSA) is 91.2 Å². The molecule has 3 aromatic rings. The first kappa shape index (κ1) is 19.4. The third-order valence-corrected chi connectivity index (χ3v) is 4.11. The third kappa shape index (κ3) is 4.66. The van der Waals surface area contributed by atoms with Gasteiger partial charge >= 0.3 is 0 Å². The maximum atomic E-state index is 12.1. The molecule has 3 rings (SSSR count). The highest BCUT2D eigenvalue weighted by molar-refractivity contribution is 6.30. The Hall–Kier alpha value is -3.39. The smallest absolute Gasteiger partial charge is 0.244 e. The van der Waals surface area contributed by atoms with Crippen LogP contribution in [0.1, 0.15) is 11.4 Å². The molecule has 144 valence electrons. The zero-order chi connectivity index (χ0) is 19.9. The molecule has 0 fully saturated rings. The Morgan fingerprint density at radius 3 is 2.61 bits per heavy atom. The van der Waals surface area contributed by atoms with E-state index in [1.807, 2.05) is 6.07 Å². The van der Waals surface area contributed by atoms with Crippen molar-refractivity contribution in [1.29, 1.82) is 0 Å². The number of tetrazole rings is 1. The predicted octanol–water partition coefficient (Wildman–Crippen LogP) is 2.66. The lowest BCUT2D eigenvalue weighted by Gasteiger charge is -2.07. The van der Waals surface area contributed by atoms with E-state index in [1.165, 1.54) is 10.8 Å². The molecule has 8 nitrogen and oxygen atoms in total. The summed E-state index contributed by atoms with van der Waals surface area (Å²) in [7, 11) is 3.13. The van der Waals surface area contributed by atoms with E-state index >= 15 is 0 Å². The van der Waals surface area contributed by atoms with E-state index in [9.17, 15) is 4.79 Å². The van der Waals surface area contributed by atoms with Gasteiger partial charge in [0.1, 0.15) is 0 Å². The zero-order valence-corrected chi connectivity index (χ0v) is 16.1. The largest absolute Gasteiger partial charge is 0.493 e. The number of nitrogens with one attached hydrogen (secondary N) is 1. The lowest BCUT2D eigenvalue weighted by atomic mass is 10.2. The molecule has 28 heavy (non-hydrogen) atoms. The summed E-state index contributed by atoms with van der Waals surface area (Å²) in [5, 5.41) is 14.9. The number of halogens is 1. The van der Waals surface area contributed by atoms with Crippen molar-refractivity contribution >= 4 is 23.6 Å². The highest BCUT2D eigenvalue weighted by atomic mass is 35.5. The Morgan fingerprint density at radius 1 is 1.14 bits per heavy atom. The molecule has 1 aromatic heterocycles. The number of benzene rings is 2. The fourth-order valence-corrected chi connectivity index (χ4v) is 2.58.